The zero-order chi connectivity index (χ0) is 15.7. The molecule has 22 heavy (non-hydrogen) atoms. The Bertz CT molecular complexity index is 881. The lowest BCUT2D eigenvalue weighted by molar-refractivity contribution is 0.261. The first-order valence-corrected chi connectivity index (χ1v) is 7.37. The lowest BCUT2D eigenvalue weighted by Gasteiger charge is -2.13. The molecule has 2 aromatic carbocycles. The summed E-state index contributed by atoms with van der Waals surface area (Å²) in [7, 11) is 6.01. The van der Waals surface area contributed by atoms with Gasteiger partial charge >= 0.3 is 0 Å². The maximum Gasteiger partial charge on any atom is 0.197 e. The molecule has 0 aliphatic rings. The Morgan fingerprint density at radius 2 is 1.77 bits per heavy atom. The second-order valence-corrected chi connectivity index (χ2v) is 5.74. The largest absolute Gasteiger partial charge is 0.492 e. The summed E-state index contributed by atoms with van der Waals surface area (Å²) < 4.78 is 7.82. The van der Waals surface area contributed by atoms with Gasteiger partial charge in [-0.05, 0) is 38.4 Å². The summed E-state index contributed by atoms with van der Waals surface area (Å²) in [6.07, 6.45) is 0. The summed E-state index contributed by atoms with van der Waals surface area (Å²) in [5, 5.41) is 1.47. The topological polar surface area (TPSA) is 34.5 Å². The molecule has 4 heteroatoms. The van der Waals surface area contributed by atoms with Gasteiger partial charge in [0, 0.05) is 30.4 Å². The first-order chi connectivity index (χ1) is 10.6. The Hall–Kier alpha value is -2.33. The Morgan fingerprint density at radius 1 is 1.05 bits per heavy atom. The molecule has 0 saturated carbocycles. The van der Waals surface area contributed by atoms with Crippen LogP contribution in [0.2, 0.25) is 0 Å². The van der Waals surface area contributed by atoms with Gasteiger partial charge in [0.2, 0.25) is 0 Å². The monoisotopic (exact) mass is 296 g/mol. The lowest BCUT2D eigenvalue weighted by atomic mass is 10.1. The molecule has 3 aromatic rings. The number of aryl methyl sites for hydroxylation is 1. The van der Waals surface area contributed by atoms with Crippen molar-refractivity contribution in [2.24, 2.45) is 7.05 Å². The summed E-state index contributed by atoms with van der Waals surface area (Å²) in [6.45, 7) is 1.48. The number of pyridine rings is 1. The molecule has 0 N–H and O–H groups in total. The highest BCUT2D eigenvalue weighted by molar-refractivity contribution is 5.93. The molecular weight excluding hydrogens is 276 g/mol. The van der Waals surface area contributed by atoms with Crippen molar-refractivity contribution in [1.29, 1.82) is 0 Å². The number of para-hydroxylation sites is 1. The summed E-state index contributed by atoms with van der Waals surface area (Å²) in [5.41, 5.74) is 1.90. The van der Waals surface area contributed by atoms with E-state index in [0.717, 1.165) is 34.1 Å². The Balaban J connectivity index is 2.10. The molecule has 0 fully saturated rings. The van der Waals surface area contributed by atoms with E-state index in [0.29, 0.717) is 6.61 Å². The van der Waals surface area contributed by atoms with Crippen LogP contribution < -0.4 is 10.2 Å². The number of ether oxygens (including phenoxy) is 1. The number of fused-ring (bicyclic) bond motifs is 2. The van der Waals surface area contributed by atoms with E-state index in [1.165, 1.54) is 0 Å². The summed E-state index contributed by atoms with van der Waals surface area (Å²) in [6, 6.07) is 13.4. The highest BCUT2D eigenvalue weighted by Gasteiger charge is 2.09. The first kappa shape index (κ1) is 14.6. The van der Waals surface area contributed by atoms with E-state index in [-0.39, 0.29) is 5.43 Å². The zero-order valence-corrected chi connectivity index (χ0v) is 13.2. The molecule has 0 radical (unpaired) electrons. The van der Waals surface area contributed by atoms with Crippen LogP contribution in [0, 0.1) is 0 Å². The average molecular weight is 296 g/mol. The van der Waals surface area contributed by atoms with Gasteiger partial charge in [-0.2, -0.15) is 0 Å². The van der Waals surface area contributed by atoms with E-state index in [9.17, 15) is 4.79 Å². The fourth-order valence-electron chi connectivity index (χ4n) is 2.65. The maximum atomic E-state index is 12.6. The van der Waals surface area contributed by atoms with Crippen LogP contribution in [0.1, 0.15) is 0 Å². The van der Waals surface area contributed by atoms with Crippen LogP contribution in [-0.2, 0) is 7.05 Å². The third-order valence-corrected chi connectivity index (χ3v) is 3.89. The number of aromatic nitrogens is 1. The van der Waals surface area contributed by atoms with Crippen molar-refractivity contribution in [3.63, 3.8) is 0 Å². The quantitative estimate of drug-likeness (QED) is 0.694. The van der Waals surface area contributed by atoms with E-state index in [4.69, 9.17) is 4.74 Å². The van der Waals surface area contributed by atoms with E-state index >= 15 is 0 Å². The van der Waals surface area contributed by atoms with Gasteiger partial charge in [0.05, 0.1) is 11.0 Å². The number of hydrogen-bond acceptors (Lipinski definition) is 3. The molecule has 0 atom stereocenters. The number of rotatable bonds is 4. The van der Waals surface area contributed by atoms with Gasteiger partial charge in [0.25, 0.3) is 0 Å². The fourth-order valence-corrected chi connectivity index (χ4v) is 2.65. The third-order valence-electron chi connectivity index (χ3n) is 3.89. The minimum absolute atomic E-state index is 0.0727. The molecule has 0 saturated heterocycles. The Morgan fingerprint density at radius 3 is 2.55 bits per heavy atom. The normalized spacial score (nSPS) is 11.5. The van der Waals surface area contributed by atoms with Crippen LogP contribution in [0.3, 0.4) is 0 Å². The zero-order valence-electron chi connectivity index (χ0n) is 13.2. The van der Waals surface area contributed by atoms with Crippen LogP contribution >= 0.6 is 0 Å². The smallest absolute Gasteiger partial charge is 0.197 e. The predicted octanol–water partition coefficient (Wildman–Crippen LogP) is 2.63. The molecule has 4 nitrogen and oxygen atoms in total. The minimum Gasteiger partial charge on any atom is -0.492 e. The number of benzene rings is 2. The average Bonchev–Trinajstić information content (AvgIpc) is 2.52. The van der Waals surface area contributed by atoms with Crippen LogP contribution in [0.25, 0.3) is 21.8 Å². The van der Waals surface area contributed by atoms with E-state index < -0.39 is 0 Å². The van der Waals surface area contributed by atoms with E-state index in [1.807, 2.05) is 68.2 Å². The highest BCUT2D eigenvalue weighted by atomic mass is 16.5. The van der Waals surface area contributed by atoms with Crippen LogP contribution in [0.4, 0.5) is 0 Å². The van der Waals surface area contributed by atoms with E-state index in [2.05, 4.69) is 4.90 Å². The van der Waals surface area contributed by atoms with E-state index in [1.54, 1.807) is 0 Å². The van der Waals surface area contributed by atoms with Crippen molar-refractivity contribution in [2.45, 2.75) is 0 Å². The molecule has 114 valence electrons. The number of nitrogens with zero attached hydrogens (tertiary/aromatic N) is 2. The Labute approximate surface area is 129 Å². The van der Waals surface area contributed by atoms with Crippen LogP contribution in [0.5, 0.6) is 5.75 Å². The first-order valence-electron chi connectivity index (χ1n) is 7.37. The van der Waals surface area contributed by atoms with Crippen LogP contribution in [-0.4, -0.2) is 36.7 Å². The molecule has 0 aliphatic carbocycles. The maximum absolute atomic E-state index is 12.6. The summed E-state index contributed by atoms with van der Waals surface area (Å²) in [4.78, 5) is 14.7. The molecule has 0 bridgehead atoms. The van der Waals surface area contributed by atoms with Gasteiger partial charge in [-0.25, -0.2) is 0 Å². The molecule has 0 unspecified atom stereocenters. The predicted molar refractivity (Wildman–Crippen MR) is 90.7 cm³/mol. The van der Waals surface area contributed by atoms with Crippen molar-refractivity contribution in [3.8, 4) is 5.75 Å². The fraction of sp³-hybridized carbons (Fsp3) is 0.278. The lowest BCUT2D eigenvalue weighted by Crippen LogP contribution is -2.19. The Kier molecular flexibility index (Phi) is 3.86. The highest BCUT2D eigenvalue weighted by Crippen LogP contribution is 2.22. The number of likely N-dealkylation sites (N-methyl/N-ethyl adjacent to an activating group) is 1. The van der Waals surface area contributed by atoms with Gasteiger partial charge in [0.1, 0.15) is 12.4 Å². The van der Waals surface area contributed by atoms with Gasteiger partial charge in [-0.3, -0.25) is 4.79 Å². The van der Waals surface area contributed by atoms with Crippen LogP contribution in [0.15, 0.2) is 47.3 Å². The molecule has 0 spiro atoms. The molecular formula is C18H20N2O2. The molecule has 0 aliphatic heterocycles. The van der Waals surface area contributed by atoms with Gasteiger partial charge in [-0.1, -0.05) is 12.1 Å². The second-order valence-electron chi connectivity index (χ2n) is 5.74. The van der Waals surface area contributed by atoms with Crippen molar-refractivity contribution in [2.75, 3.05) is 27.2 Å². The van der Waals surface area contributed by atoms with Crippen molar-refractivity contribution in [1.82, 2.24) is 9.47 Å². The summed E-state index contributed by atoms with van der Waals surface area (Å²) in [5.74, 6) is 0.791. The van der Waals surface area contributed by atoms with Crippen molar-refractivity contribution < 1.29 is 4.74 Å². The second kappa shape index (κ2) is 5.81. The molecule has 1 aromatic heterocycles. The minimum atomic E-state index is 0.0727. The van der Waals surface area contributed by atoms with Gasteiger partial charge in [0.15, 0.2) is 5.43 Å². The molecule has 0 amide bonds. The molecule has 3 rings (SSSR count). The van der Waals surface area contributed by atoms with Crippen molar-refractivity contribution in [3.05, 3.63) is 52.7 Å². The SMILES string of the molecule is CN(C)CCOc1ccc2c(=O)c3ccccc3n(C)c2c1. The summed E-state index contributed by atoms with van der Waals surface area (Å²) >= 11 is 0. The standard InChI is InChI=1S/C18H20N2O2/c1-19(2)10-11-22-13-8-9-15-17(12-13)20(3)16-7-5-4-6-14(16)18(15)21/h4-9,12H,10-11H2,1-3H3. The van der Waals surface area contributed by atoms with Gasteiger partial charge in [-0.15, -0.1) is 0 Å². The third kappa shape index (κ3) is 2.57. The molecule has 1 heterocycles. The van der Waals surface area contributed by atoms with Crippen molar-refractivity contribution >= 4 is 21.8 Å². The van der Waals surface area contributed by atoms with Gasteiger partial charge < -0.3 is 14.2 Å². The number of hydrogen-bond donors (Lipinski definition) is 0.